The zero-order valence-corrected chi connectivity index (χ0v) is 22.3. The van der Waals surface area contributed by atoms with E-state index < -0.39 is 0 Å². The largest absolute Gasteiger partial charge is 0.482 e. The van der Waals surface area contributed by atoms with E-state index in [1.54, 1.807) is 12.4 Å². The maximum Gasteiger partial charge on any atom is 0.199 e. The van der Waals surface area contributed by atoms with Gasteiger partial charge in [-0.1, -0.05) is 36.0 Å². The number of hydrogen-bond donors (Lipinski definition) is 1. The Kier molecular flexibility index (Phi) is 7.12. The maximum absolute atomic E-state index is 13.8. The summed E-state index contributed by atoms with van der Waals surface area (Å²) in [6, 6.07) is 15.6. The SMILES string of the molecule is O=c1c(C(=S)NCc2ccc(Cl)cc2)cn2c3c(cc(CN4CCOCC4)cc13)OC(c1ccncc1)C2. The van der Waals surface area contributed by atoms with Crippen LogP contribution in [0.15, 0.2) is 71.9 Å². The van der Waals surface area contributed by atoms with E-state index in [1.165, 1.54) is 0 Å². The van der Waals surface area contributed by atoms with Crippen molar-refractivity contribution in [2.24, 2.45) is 0 Å². The summed E-state index contributed by atoms with van der Waals surface area (Å²) in [5.74, 6) is 0.711. The summed E-state index contributed by atoms with van der Waals surface area (Å²) in [5.41, 5.74) is 4.27. The Balaban J connectivity index is 1.38. The quantitative estimate of drug-likeness (QED) is 0.358. The molecule has 2 aliphatic rings. The average Bonchev–Trinajstić information content (AvgIpc) is 2.95. The molecular weight excluding hydrogens is 520 g/mol. The van der Waals surface area contributed by atoms with Crippen molar-refractivity contribution in [3.05, 3.63) is 105 Å². The summed E-state index contributed by atoms with van der Waals surface area (Å²) >= 11 is 11.7. The van der Waals surface area contributed by atoms with Gasteiger partial charge >= 0.3 is 0 Å². The molecule has 0 amide bonds. The molecule has 0 bridgehead atoms. The Bertz CT molecular complexity index is 1540. The van der Waals surface area contributed by atoms with E-state index in [2.05, 4.69) is 25.8 Å². The van der Waals surface area contributed by atoms with Gasteiger partial charge in [0.2, 0.25) is 0 Å². The van der Waals surface area contributed by atoms with E-state index in [1.807, 2.05) is 48.7 Å². The zero-order valence-electron chi connectivity index (χ0n) is 20.7. The summed E-state index contributed by atoms with van der Waals surface area (Å²) in [6.45, 7) is 4.92. The van der Waals surface area contributed by atoms with Crippen molar-refractivity contribution in [1.82, 2.24) is 19.8 Å². The highest BCUT2D eigenvalue weighted by atomic mass is 35.5. The fourth-order valence-corrected chi connectivity index (χ4v) is 5.41. The van der Waals surface area contributed by atoms with Crippen LogP contribution < -0.4 is 15.5 Å². The van der Waals surface area contributed by atoms with Crippen molar-refractivity contribution < 1.29 is 9.47 Å². The number of aromatic nitrogens is 2. The summed E-state index contributed by atoms with van der Waals surface area (Å²) in [6.07, 6.45) is 5.19. The van der Waals surface area contributed by atoms with Crippen LogP contribution in [-0.4, -0.2) is 45.7 Å². The van der Waals surface area contributed by atoms with E-state index in [0.717, 1.165) is 41.8 Å². The van der Waals surface area contributed by atoms with E-state index in [0.29, 0.717) is 53.0 Å². The molecule has 194 valence electrons. The Morgan fingerprint density at radius 2 is 1.84 bits per heavy atom. The van der Waals surface area contributed by atoms with Crippen LogP contribution in [0, 0.1) is 0 Å². The molecule has 1 N–H and O–H groups in total. The molecule has 1 atom stereocenters. The lowest BCUT2D eigenvalue weighted by molar-refractivity contribution is 0.0341. The minimum Gasteiger partial charge on any atom is -0.482 e. The van der Waals surface area contributed by atoms with Gasteiger partial charge in [0.15, 0.2) is 5.43 Å². The highest BCUT2D eigenvalue weighted by molar-refractivity contribution is 7.80. The van der Waals surface area contributed by atoms with Gasteiger partial charge in [0.25, 0.3) is 0 Å². The smallest absolute Gasteiger partial charge is 0.199 e. The third-order valence-electron chi connectivity index (χ3n) is 7.03. The Labute approximate surface area is 231 Å². The molecule has 0 saturated carbocycles. The molecule has 9 heteroatoms. The first-order valence-corrected chi connectivity index (χ1v) is 13.4. The van der Waals surface area contributed by atoms with Crippen molar-refractivity contribution in [3.8, 4) is 5.75 Å². The topological polar surface area (TPSA) is 68.6 Å². The van der Waals surface area contributed by atoms with Crippen LogP contribution in [0.3, 0.4) is 0 Å². The molecule has 0 radical (unpaired) electrons. The van der Waals surface area contributed by atoms with Gasteiger partial charge in [-0.05, 0) is 53.1 Å². The number of hydrogen-bond acceptors (Lipinski definition) is 6. The molecular formula is C29H27ClN4O3S. The first-order valence-electron chi connectivity index (χ1n) is 12.6. The zero-order chi connectivity index (χ0) is 26.1. The minimum absolute atomic E-state index is 0.0964. The van der Waals surface area contributed by atoms with Crippen LogP contribution in [-0.2, 0) is 24.4 Å². The van der Waals surface area contributed by atoms with Gasteiger partial charge in [0.1, 0.15) is 16.8 Å². The van der Waals surface area contributed by atoms with Crippen LogP contribution in [0.5, 0.6) is 5.75 Å². The molecule has 1 saturated heterocycles. The van der Waals surface area contributed by atoms with Crippen LogP contribution in [0.4, 0.5) is 0 Å². The van der Waals surface area contributed by atoms with Crippen molar-refractivity contribution in [1.29, 1.82) is 0 Å². The lowest BCUT2D eigenvalue weighted by Crippen LogP contribution is -2.35. The summed E-state index contributed by atoms with van der Waals surface area (Å²) in [7, 11) is 0. The Morgan fingerprint density at radius 3 is 2.61 bits per heavy atom. The normalized spacial score (nSPS) is 17.2. The fraction of sp³-hybridized carbons (Fsp3) is 0.276. The van der Waals surface area contributed by atoms with Crippen molar-refractivity contribution in [2.45, 2.75) is 25.7 Å². The van der Waals surface area contributed by atoms with Crippen molar-refractivity contribution >= 4 is 39.7 Å². The van der Waals surface area contributed by atoms with Gasteiger partial charge in [-0.2, -0.15) is 0 Å². The number of benzene rings is 2. The first-order chi connectivity index (χ1) is 18.5. The van der Waals surface area contributed by atoms with E-state index in [4.69, 9.17) is 33.3 Å². The molecule has 0 aliphatic carbocycles. The highest BCUT2D eigenvalue weighted by Gasteiger charge is 2.26. The van der Waals surface area contributed by atoms with E-state index in [9.17, 15) is 4.79 Å². The second-order valence-electron chi connectivity index (χ2n) is 9.60. The Morgan fingerprint density at radius 1 is 1.08 bits per heavy atom. The van der Waals surface area contributed by atoms with Gasteiger partial charge in [0.05, 0.1) is 36.2 Å². The van der Waals surface area contributed by atoms with Gasteiger partial charge < -0.3 is 19.4 Å². The van der Waals surface area contributed by atoms with Gasteiger partial charge in [-0.15, -0.1) is 0 Å². The molecule has 7 nitrogen and oxygen atoms in total. The second kappa shape index (κ2) is 10.8. The number of morpholine rings is 1. The number of thiocarbonyl (C=S) groups is 1. The first kappa shape index (κ1) is 25.0. The van der Waals surface area contributed by atoms with Crippen LogP contribution in [0.1, 0.15) is 28.4 Å². The molecule has 4 aromatic rings. The van der Waals surface area contributed by atoms with E-state index >= 15 is 0 Å². The predicted octanol–water partition coefficient (Wildman–Crippen LogP) is 4.48. The fourth-order valence-electron chi connectivity index (χ4n) is 5.06. The number of halogens is 1. The third kappa shape index (κ3) is 5.17. The molecule has 38 heavy (non-hydrogen) atoms. The molecule has 2 aromatic heterocycles. The van der Waals surface area contributed by atoms with Gasteiger partial charge in [-0.25, -0.2) is 0 Å². The molecule has 1 fully saturated rings. The molecule has 2 aromatic carbocycles. The van der Waals surface area contributed by atoms with Crippen molar-refractivity contribution in [2.75, 3.05) is 26.3 Å². The number of nitrogens with zero attached hydrogens (tertiary/aromatic N) is 3. The Hall–Kier alpha value is -3.30. The second-order valence-corrected chi connectivity index (χ2v) is 10.4. The van der Waals surface area contributed by atoms with Crippen LogP contribution in [0.2, 0.25) is 5.02 Å². The van der Waals surface area contributed by atoms with Gasteiger partial charge in [0, 0.05) is 49.8 Å². The highest BCUT2D eigenvalue weighted by Crippen LogP contribution is 2.36. The lowest BCUT2D eigenvalue weighted by atomic mass is 10.0. The lowest BCUT2D eigenvalue weighted by Gasteiger charge is -2.31. The molecule has 4 heterocycles. The number of rotatable bonds is 6. The van der Waals surface area contributed by atoms with Crippen LogP contribution >= 0.6 is 23.8 Å². The van der Waals surface area contributed by atoms with E-state index in [-0.39, 0.29) is 11.5 Å². The molecule has 0 spiro atoms. The maximum atomic E-state index is 13.8. The van der Waals surface area contributed by atoms with Crippen LogP contribution in [0.25, 0.3) is 10.9 Å². The van der Waals surface area contributed by atoms with Crippen molar-refractivity contribution in [3.63, 3.8) is 0 Å². The molecule has 2 aliphatic heterocycles. The van der Waals surface area contributed by atoms with Gasteiger partial charge in [-0.3, -0.25) is 14.7 Å². The predicted molar refractivity (Wildman–Crippen MR) is 152 cm³/mol. The minimum atomic E-state index is -0.210. The summed E-state index contributed by atoms with van der Waals surface area (Å²) in [4.78, 5) is 20.7. The standard InChI is InChI=1S/C29H27ClN4O3S/c30-22-3-1-19(2-4-22)15-32-29(38)24-17-34-18-26(21-5-7-31-8-6-21)37-25-14-20(13-23(27(25)34)28(24)35)16-33-9-11-36-12-10-33/h1-8,13-14,17,26H,9-12,15-16,18H2,(H,32,38). The monoisotopic (exact) mass is 546 g/mol. The number of ether oxygens (including phenoxy) is 2. The number of nitrogens with one attached hydrogen (secondary N) is 1. The summed E-state index contributed by atoms with van der Waals surface area (Å²) < 4.78 is 14.1. The molecule has 6 rings (SSSR count). The summed E-state index contributed by atoms with van der Waals surface area (Å²) in [5, 5.41) is 4.56. The third-order valence-corrected chi connectivity index (χ3v) is 7.64. The number of pyridine rings is 2. The average molecular weight is 547 g/mol. The molecule has 1 unspecified atom stereocenters.